The number of anilines is 2. The van der Waals surface area contributed by atoms with E-state index in [0.29, 0.717) is 40.4 Å². The number of nitrogens with zero attached hydrogens (tertiary/aromatic N) is 3. The average Bonchev–Trinajstić information content (AvgIpc) is 2.89. The summed E-state index contributed by atoms with van der Waals surface area (Å²) in [5.74, 6) is 1.33. The van der Waals surface area contributed by atoms with E-state index in [2.05, 4.69) is 26.8 Å². The van der Waals surface area contributed by atoms with Gasteiger partial charge in [-0.3, -0.25) is 0 Å². The first-order valence-electron chi connectivity index (χ1n) is 12.0. The molecule has 0 bridgehead atoms. The Balaban J connectivity index is 1.56. The quantitative estimate of drug-likeness (QED) is 0.182. The van der Waals surface area contributed by atoms with Gasteiger partial charge < -0.3 is 24.8 Å². The first-order valence-corrected chi connectivity index (χ1v) is 12.0. The van der Waals surface area contributed by atoms with Crippen LogP contribution in [0.5, 0.6) is 17.2 Å². The third kappa shape index (κ3) is 6.83. The minimum absolute atomic E-state index is 0.0533. The van der Waals surface area contributed by atoms with Crippen molar-refractivity contribution in [3.05, 3.63) is 85.2 Å². The summed E-state index contributed by atoms with van der Waals surface area (Å²) in [6.07, 6.45) is 3.28. The highest BCUT2D eigenvalue weighted by Gasteiger charge is 2.17. The fourth-order valence-electron chi connectivity index (χ4n) is 3.73. The molecular weight excluding hydrogens is 468 g/mol. The normalized spacial score (nSPS) is 10.9. The van der Waals surface area contributed by atoms with E-state index in [1.165, 1.54) is 6.33 Å². The van der Waals surface area contributed by atoms with Crippen LogP contribution in [0.4, 0.5) is 11.5 Å². The molecule has 0 fully saturated rings. The lowest BCUT2D eigenvalue weighted by molar-refractivity contribution is -0.130. The number of hydrogen-bond donors (Lipinski definition) is 2. The molecule has 3 aromatic carbocycles. The molecule has 8 heteroatoms. The number of benzene rings is 3. The van der Waals surface area contributed by atoms with Crippen LogP contribution >= 0.6 is 0 Å². The van der Waals surface area contributed by atoms with E-state index >= 15 is 0 Å². The molecule has 2 N–H and O–H groups in total. The van der Waals surface area contributed by atoms with Crippen LogP contribution in [0.25, 0.3) is 16.5 Å². The summed E-state index contributed by atoms with van der Waals surface area (Å²) in [5.41, 5.74) is 1.77. The first kappa shape index (κ1) is 25.7. The van der Waals surface area contributed by atoms with E-state index in [1.54, 1.807) is 12.1 Å². The Kier molecular flexibility index (Phi) is 8.33. The molecule has 190 valence electrons. The molecular formula is C29H30N4O4. The number of carboxylic acids is 1. The van der Waals surface area contributed by atoms with Crippen LogP contribution < -0.4 is 14.8 Å². The zero-order chi connectivity index (χ0) is 26.2. The Morgan fingerprint density at radius 3 is 2.43 bits per heavy atom. The Hall–Kier alpha value is -4.43. The van der Waals surface area contributed by atoms with Crippen molar-refractivity contribution in [2.24, 2.45) is 0 Å². The minimum Gasteiger partial charge on any atom is -0.493 e. The number of carboxylic acid groups (broad SMARTS) is 1. The molecule has 8 nitrogen and oxygen atoms in total. The number of para-hydroxylation sites is 1. The first-order chi connectivity index (χ1) is 17.9. The molecule has 1 aromatic heterocycles. The highest BCUT2D eigenvalue weighted by atomic mass is 16.5. The number of rotatable bonds is 12. The second-order valence-electron chi connectivity index (χ2n) is 8.79. The fourth-order valence-corrected chi connectivity index (χ4v) is 3.73. The highest BCUT2D eigenvalue weighted by molar-refractivity contribution is 6.16. The van der Waals surface area contributed by atoms with Crippen LogP contribution in [0.3, 0.4) is 0 Å². The van der Waals surface area contributed by atoms with Crippen molar-refractivity contribution in [1.29, 1.82) is 0 Å². The maximum atomic E-state index is 11.8. The van der Waals surface area contributed by atoms with Crippen molar-refractivity contribution in [3.8, 4) is 17.2 Å². The van der Waals surface area contributed by atoms with Gasteiger partial charge in [0.15, 0.2) is 0 Å². The molecule has 0 spiro atoms. The molecule has 4 aromatic rings. The second kappa shape index (κ2) is 12.0. The van der Waals surface area contributed by atoms with Gasteiger partial charge in [0.2, 0.25) is 0 Å². The van der Waals surface area contributed by atoms with Crippen LogP contribution in [0, 0.1) is 0 Å². The number of aromatic nitrogens is 2. The van der Waals surface area contributed by atoms with Gasteiger partial charge in [0.25, 0.3) is 0 Å². The summed E-state index contributed by atoms with van der Waals surface area (Å²) < 4.78 is 11.8. The molecule has 0 aliphatic carbocycles. The predicted octanol–water partition coefficient (Wildman–Crippen LogP) is 5.98. The van der Waals surface area contributed by atoms with Gasteiger partial charge in [-0.25, -0.2) is 14.8 Å². The van der Waals surface area contributed by atoms with E-state index in [9.17, 15) is 9.90 Å². The number of aliphatic carboxylic acids is 1. The summed E-state index contributed by atoms with van der Waals surface area (Å²) in [6.45, 7) is 5.18. The van der Waals surface area contributed by atoms with Crippen molar-refractivity contribution in [1.82, 2.24) is 14.9 Å². The zero-order valence-electron chi connectivity index (χ0n) is 21.0. The predicted molar refractivity (Wildman–Crippen MR) is 146 cm³/mol. The number of ether oxygens (including phenoxy) is 2. The molecule has 0 aliphatic rings. The van der Waals surface area contributed by atoms with Gasteiger partial charge in [-0.2, -0.15) is 0 Å². The number of fused-ring (bicyclic) bond motifs is 1. The fraction of sp³-hybridized carbons (Fsp3) is 0.207. The Morgan fingerprint density at radius 1 is 1.00 bits per heavy atom. The van der Waals surface area contributed by atoms with Gasteiger partial charge >= 0.3 is 5.97 Å². The maximum absolute atomic E-state index is 11.8. The smallest absolute Gasteiger partial charge is 0.335 e. The summed E-state index contributed by atoms with van der Waals surface area (Å²) in [7, 11) is 4.05. The molecule has 4 rings (SSSR count). The number of nitrogens with one attached hydrogen (secondary N) is 1. The molecule has 0 amide bonds. The van der Waals surface area contributed by atoms with Crippen LogP contribution in [0.2, 0.25) is 0 Å². The number of carbonyl (C=O) groups is 1. The van der Waals surface area contributed by atoms with Crippen molar-refractivity contribution in [2.75, 3.05) is 32.6 Å². The van der Waals surface area contributed by atoms with Gasteiger partial charge in [0.05, 0.1) is 17.7 Å². The Bertz CT molecular complexity index is 1370. The molecule has 37 heavy (non-hydrogen) atoms. The van der Waals surface area contributed by atoms with Crippen molar-refractivity contribution in [2.45, 2.75) is 12.8 Å². The van der Waals surface area contributed by atoms with E-state index in [1.807, 2.05) is 68.7 Å². The molecule has 0 atom stereocenters. The van der Waals surface area contributed by atoms with E-state index in [4.69, 9.17) is 9.47 Å². The molecule has 0 aliphatic heterocycles. The van der Waals surface area contributed by atoms with Crippen molar-refractivity contribution >= 4 is 34.0 Å². The maximum Gasteiger partial charge on any atom is 0.335 e. The summed E-state index contributed by atoms with van der Waals surface area (Å²) in [6, 6.07) is 20.5. The topological polar surface area (TPSA) is 96.8 Å². The minimum atomic E-state index is -1.11. The number of unbranched alkanes of at least 4 members (excludes halogenated alkanes) is 1. The second-order valence-corrected chi connectivity index (χ2v) is 8.79. The van der Waals surface area contributed by atoms with Crippen LogP contribution in [0.1, 0.15) is 18.4 Å². The van der Waals surface area contributed by atoms with Crippen molar-refractivity contribution < 1.29 is 19.4 Å². The third-order valence-corrected chi connectivity index (χ3v) is 5.67. The largest absolute Gasteiger partial charge is 0.493 e. The third-order valence-electron chi connectivity index (χ3n) is 5.67. The van der Waals surface area contributed by atoms with Gasteiger partial charge in [-0.05, 0) is 75.9 Å². The monoisotopic (exact) mass is 498 g/mol. The van der Waals surface area contributed by atoms with Gasteiger partial charge in [-0.15, -0.1) is 0 Å². The van der Waals surface area contributed by atoms with Crippen LogP contribution in [-0.4, -0.2) is 53.2 Å². The lowest BCUT2D eigenvalue weighted by Crippen LogP contribution is -2.14. The molecule has 1 heterocycles. The molecule has 0 saturated carbocycles. The average molecular weight is 499 g/mol. The number of hydrogen-bond acceptors (Lipinski definition) is 7. The molecule has 0 unspecified atom stereocenters. The SMILES string of the molecule is C=C(C(=O)O)c1cc2c(Nc3ccc(Oc4ccccc4)cc3)ncnc2cc1OCCCCN(C)C. The summed E-state index contributed by atoms with van der Waals surface area (Å²) in [5, 5.41) is 13.6. The summed E-state index contributed by atoms with van der Waals surface area (Å²) >= 11 is 0. The standard InChI is InChI=1S/C29H30N4O4/c1-20(29(34)35)24-17-25-26(18-27(24)36-16-8-7-15-33(2)3)30-19-31-28(25)32-21-11-13-23(14-12-21)37-22-9-5-4-6-10-22/h4-6,9-14,17-19H,1,7-8,15-16H2,2-3H3,(H,34,35)(H,30,31,32). The van der Waals surface area contributed by atoms with E-state index < -0.39 is 5.97 Å². The van der Waals surface area contributed by atoms with Gasteiger partial charge in [0, 0.05) is 22.7 Å². The van der Waals surface area contributed by atoms with Crippen LogP contribution in [0.15, 0.2) is 79.6 Å². The highest BCUT2D eigenvalue weighted by Crippen LogP contribution is 2.34. The van der Waals surface area contributed by atoms with Crippen LogP contribution in [-0.2, 0) is 4.79 Å². The van der Waals surface area contributed by atoms with Gasteiger partial charge in [-0.1, -0.05) is 24.8 Å². The van der Waals surface area contributed by atoms with Crippen molar-refractivity contribution in [3.63, 3.8) is 0 Å². The zero-order valence-corrected chi connectivity index (χ0v) is 21.0. The van der Waals surface area contributed by atoms with E-state index in [-0.39, 0.29) is 5.57 Å². The lowest BCUT2D eigenvalue weighted by Gasteiger charge is -2.15. The Labute approximate surface area is 216 Å². The Morgan fingerprint density at radius 2 is 1.73 bits per heavy atom. The molecule has 0 radical (unpaired) electrons. The van der Waals surface area contributed by atoms with E-state index in [0.717, 1.165) is 30.8 Å². The van der Waals surface area contributed by atoms with Gasteiger partial charge in [0.1, 0.15) is 29.4 Å². The molecule has 0 saturated heterocycles. The lowest BCUT2D eigenvalue weighted by atomic mass is 10.0. The summed E-state index contributed by atoms with van der Waals surface area (Å²) in [4.78, 5) is 22.7.